The lowest BCUT2D eigenvalue weighted by Crippen LogP contribution is -2.12. The van der Waals surface area contributed by atoms with Gasteiger partial charge in [-0.1, -0.05) is 23.7 Å². The van der Waals surface area contributed by atoms with Crippen LogP contribution in [0.4, 0.5) is 11.4 Å². The number of halogens is 1. The van der Waals surface area contributed by atoms with E-state index >= 15 is 0 Å². The van der Waals surface area contributed by atoms with E-state index in [4.69, 9.17) is 22.3 Å². The predicted octanol–water partition coefficient (Wildman–Crippen LogP) is 6.31. The number of carbonyl (C=O) groups is 1. The van der Waals surface area contributed by atoms with E-state index in [1.807, 2.05) is 25.1 Å². The van der Waals surface area contributed by atoms with E-state index in [1.165, 1.54) is 21.8 Å². The van der Waals surface area contributed by atoms with E-state index in [-0.39, 0.29) is 5.91 Å². The third-order valence-electron chi connectivity index (χ3n) is 5.31. The first kappa shape index (κ1) is 18.6. The highest BCUT2D eigenvalue weighted by Crippen LogP contribution is 2.45. The van der Waals surface area contributed by atoms with Gasteiger partial charge in [-0.2, -0.15) is 0 Å². The summed E-state index contributed by atoms with van der Waals surface area (Å²) >= 11 is 9.25. The van der Waals surface area contributed by atoms with Crippen molar-refractivity contribution in [3.63, 3.8) is 0 Å². The molecular formula is C22H18ClN3OS2. The number of hydrogen-bond acceptors (Lipinski definition) is 5. The fraction of sp³-hybridized carbons (Fsp3) is 0.182. The number of nitrogens with one attached hydrogen (secondary N) is 1. The van der Waals surface area contributed by atoms with Crippen molar-refractivity contribution in [3.8, 4) is 10.4 Å². The van der Waals surface area contributed by atoms with Gasteiger partial charge in [-0.05, 0) is 60.9 Å². The molecule has 0 radical (unpaired) electrons. The first-order valence-corrected chi connectivity index (χ1v) is 11.5. The lowest BCUT2D eigenvalue weighted by molar-refractivity contribution is 0.103. The number of fused-ring (bicyclic) bond motifs is 2. The molecule has 4 nitrogen and oxygen atoms in total. The smallest absolute Gasteiger partial charge is 0.267 e. The Kier molecular flexibility index (Phi) is 4.57. The van der Waals surface area contributed by atoms with Crippen molar-refractivity contribution in [2.75, 3.05) is 11.1 Å². The number of nitrogens with zero attached hydrogens (tertiary/aromatic N) is 1. The van der Waals surface area contributed by atoms with Crippen LogP contribution in [0.2, 0.25) is 5.02 Å². The number of thiophene rings is 2. The molecule has 0 saturated heterocycles. The minimum atomic E-state index is -0.234. The molecule has 1 amide bonds. The Morgan fingerprint density at radius 1 is 1.28 bits per heavy atom. The molecule has 7 heteroatoms. The Bertz CT molecular complexity index is 1260. The standard InChI is InChI=1S/C22H18ClN3OS2/c1-11-7-8-12(10-14(11)23)25-21(27)20-19(24)18-17(16-6-3-9-28-16)13-4-2-5-15(13)26-22(18)29-20/h3,6-10H,2,4-5,24H2,1H3,(H,25,27). The number of benzene rings is 1. The normalized spacial score (nSPS) is 13.0. The monoisotopic (exact) mass is 439 g/mol. The average molecular weight is 440 g/mol. The van der Waals surface area contributed by atoms with Crippen molar-refractivity contribution < 1.29 is 4.79 Å². The van der Waals surface area contributed by atoms with Crippen molar-refractivity contribution in [2.24, 2.45) is 0 Å². The molecule has 3 N–H and O–H groups in total. The Morgan fingerprint density at radius 2 is 2.14 bits per heavy atom. The molecule has 0 unspecified atom stereocenters. The lowest BCUT2D eigenvalue weighted by Gasteiger charge is -2.09. The molecule has 0 fully saturated rings. The van der Waals surface area contributed by atoms with Crippen LogP contribution in [-0.2, 0) is 12.8 Å². The van der Waals surface area contributed by atoms with Gasteiger partial charge in [0.25, 0.3) is 5.91 Å². The molecular weight excluding hydrogens is 422 g/mol. The number of carbonyl (C=O) groups excluding carboxylic acids is 1. The fourth-order valence-corrected chi connectivity index (χ4v) is 5.87. The molecule has 29 heavy (non-hydrogen) atoms. The van der Waals surface area contributed by atoms with Gasteiger partial charge in [0.2, 0.25) is 0 Å². The van der Waals surface area contributed by atoms with Crippen LogP contribution in [0, 0.1) is 6.92 Å². The molecule has 146 valence electrons. The highest BCUT2D eigenvalue weighted by atomic mass is 35.5. The largest absolute Gasteiger partial charge is 0.397 e. The predicted molar refractivity (Wildman–Crippen MR) is 124 cm³/mol. The van der Waals surface area contributed by atoms with Gasteiger partial charge in [0.05, 0.1) is 5.69 Å². The zero-order chi connectivity index (χ0) is 20.1. The highest BCUT2D eigenvalue weighted by Gasteiger charge is 2.27. The second-order valence-corrected chi connectivity index (χ2v) is 9.54. The first-order valence-electron chi connectivity index (χ1n) is 9.38. The topological polar surface area (TPSA) is 68.0 Å². The minimum absolute atomic E-state index is 0.234. The Morgan fingerprint density at radius 3 is 2.90 bits per heavy atom. The van der Waals surface area contributed by atoms with Gasteiger partial charge >= 0.3 is 0 Å². The highest BCUT2D eigenvalue weighted by molar-refractivity contribution is 7.21. The Labute approximate surface area is 181 Å². The number of nitrogens with two attached hydrogens (primary N) is 1. The summed E-state index contributed by atoms with van der Waals surface area (Å²) in [5, 5.41) is 6.51. The summed E-state index contributed by atoms with van der Waals surface area (Å²) in [6.07, 6.45) is 3.09. The Hall–Kier alpha value is -2.41. The maximum atomic E-state index is 13.0. The van der Waals surface area contributed by atoms with Crippen LogP contribution in [0.1, 0.15) is 32.9 Å². The number of hydrogen-bond donors (Lipinski definition) is 2. The van der Waals surface area contributed by atoms with Gasteiger partial charge < -0.3 is 11.1 Å². The van der Waals surface area contributed by atoms with Crippen LogP contribution >= 0.6 is 34.3 Å². The summed E-state index contributed by atoms with van der Waals surface area (Å²) in [4.78, 5) is 20.4. The summed E-state index contributed by atoms with van der Waals surface area (Å²) in [5.41, 5.74) is 12.2. The van der Waals surface area contributed by atoms with Crippen molar-refractivity contribution in [1.82, 2.24) is 4.98 Å². The summed E-state index contributed by atoms with van der Waals surface area (Å²) in [7, 11) is 0. The molecule has 0 atom stereocenters. The van der Waals surface area contributed by atoms with Crippen LogP contribution in [0.3, 0.4) is 0 Å². The van der Waals surface area contributed by atoms with Crippen LogP contribution in [0.15, 0.2) is 35.7 Å². The molecule has 3 heterocycles. The number of aromatic nitrogens is 1. The van der Waals surface area contributed by atoms with Gasteiger partial charge in [-0.3, -0.25) is 4.79 Å². The summed E-state index contributed by atoms with van der Waals surface area (Å²) in [6.45, 7) is 1.93. The molecule has 0 bridgehead atoms. The molecule has 1 aromatic carbocycles. The number of pyridine rings is 1. The molecule has 1 aliphatic carbocycles. The molecule has 1 aliphatic rings. The van der Waals surface area contributed by atoms with Crippen molar-refractivity contribution >= 4 is 61.8 Å². The number of nitrogen functional groups attached to an aromatic ring is 1. The quantitative estimate of drug-likeness (QED) is 0.393. The zero-order valence-electron chi connectivity index (χ0n) is 15.7. The van der Waals surface area contributed by atoms with Crippen LogP contribution < -0.4 is 11.1 Å². The van der Waals surface area contributed by atoms with E-state index in [1.54, 1.807) is 17.4 Å². The van der Waals surface area contributed by atoms with Crippen LogP contribution in [0.25, 0.3) is 20.7 Å². The zero-order valence-corrected chi connectivity index (χ0v) is 18.1. The van der Waals surface area contributed by atoms with Gasteiger partial charge in [-0.25, -0.2) is 4.98 Å². The SMILES string of the molecule is Cc1ccc(NC(=O)c2sc3nc4c(c(-c5cccs5)c3c2N)CCC4)cc1Cl. The van der Waals surface area contributed by atoms with Gasteiger partial charge in [0.15, 0.2) is 0 Å². The molecule has 0 saturated carbocycles. The molecule has 3 aromatic heterocycles. The van der Waals surface area contributed by atoms with E-state index in [2.05, 4.69) is 16.8 Å². The van der Waals surface area contributed by atoms with Crippen LogP contribution in [-0.4, -0.2) is 10.9 Å². The summed E-state index contributed by atoms with van der Waals surface area (Å²) < 4.78 is 0. The number of amides is 1. The van der Waals surface area contributed by atoms with E-state index < -0.39 is 0 Å². The number of aryl methyl sites for hydroxylation is 2. The van der Waals surface area contributed by atoms with Gasteiger partial charge in [-0.15, -0.1) is 22.7 Å². The number of anilines is 2. The summed E-state index contributed by atoms with van der Waals surface area (Å²) in [5.74, 6) is -0.234. The van der Waals surface area contributed by atoms with E-state index in [0.717, 1.165) is 46.3 Å². The van der Waals surface area contributed by atoms with Crippen molar-refractivity contribution in [2.45, 2.75) is 26.2 Å². The fourth-order valence-electron chi connectivity index (χ4n) is 3.87. The second-order valence-electron chi connectivity index (χ2n) is 7.19. The van der Waals surface area contributed by atoms with Gasteiger partial charge in [0.1, 0.15) is 9.71 Å². The molecule has 4 aromatic rings. The second kappa shape index (κ2) is 7.13. The first-order chi connectivity index (χ1) is 14.0. The third kappa shape index (κ3) is 3.12. The maximum Gasteiger partial charge on any atom is 0.267 e. The molecule has 5 rings (SSSR count). The maximum absolute atomic E-state index is 13.0. The van der Waals surface area contributed by atoms with Gasteiger partial charge in [0, 0.05) is 32.2 Å². The summed E-state index contributed by atoms with van der Waals surface area (Å²) in [6, 6.07) is 9.63. The number of rotatable bonds is 3. The van der Waals surface area contributed by atoms with E-state index in [9.17, 15) is 4.79 Å². The molecule has 0 aliphatic heterocycles. The van der Waals surface area contributed by atoms with Crippen molar-refractivity contribution in [3.05, 3.63) is 62.4 Å². The lowest BCUT2D eigenvalue weighted by atomic mass is 10.0. The van der Waals surface area contributed by atoms with E-state index in [0.29, 0.717) is 21.3 Å². The van der Waals surface area contributed by atoms with Crippen LogP contribution in [0.5, 0.6) is 0 Å². The van der Waals surface area contributed by atoms with Crippen molar-refractivity contribution in [1.29, 1.82) is 0 Å². The Balaban J connectivity index is 1.63. The average Bonchev–Trinajstić information content (AvgIpc) is 3.44. The minimum Gasteiger partial charge on any atom is -0.397 e. The third-order valence-corrected chi connectivity index (χ3v) is 7.70. The molecule has 0 spiro atoms.